The van der Waals surface area contributed by atoms with Crippen molar-refractivity contribution in [1.82, 2.24) is 0 Å². The molecule has 0 nitrogen and oxygen atoms in total. The van der Waals surface area contributed by atoms with Crippen LogP contribution in [-0.4, -0.2) is 0 Å². The average Bonchev–Trinajstić information content (AvgIpc) is 3.15. The summed E-state index contributed by atoms with van der Waals surface area (Å²) in [6.45, 7) is 0. The van der Waals surface area contributed by atoms with Crippen LogP contribution in [0.2, 0.25) is 0 Å². The molecule has 0 aromatic heterocycles. The fourth-order valence-corrected chi connectivity index (χ4v) is 8.59. The lowest BCUT2D eigenvalue weighted by Gasteiger charge is -2.19. The molecule has 0 spiro atoms. The monoisotopic (exact) mass is 604 g/mol. The first-order valence-electron chi connectivity index (χ1n) is 16.8. The van der Waals surface area contributed by atoms with Crippen molar-refractivity contribution in [3.05, 3.63) is 170 Å². The van der Waals surface area contributed by atoms with Crippen LogP contribution in [0.15, 0.2) is 170 Å². The van der Waals surface area contributed by atoms with Crippen molar-refractivity contribution in [3.8, 4) is 22.3 Å². The Hall–Kier alpha value is -6.24. The van der Waals surface area contributed by atoms with E-state index in [9.17, 15) is 0 Å². The average molecular weight is 605 g/mol. The summed E-state index contributed by atoms with van der Waals surface area (Å²) in [5, 5.41) is 20.7. The van der Waals surface area contributed by atoms with Crippen molar-refractivity contribution in [2.75, 3.05) is 0 Å². The van der Waals surface area contributed by atoms with Crippen LogP contribution in [0.25, 0.3) is 108 Å². The van der Waals surface area contributed by atoms with Crippen molar-refractivity contribution in [3.63, 3.8) is 0 Å². The van der Waals surface area contributed by atoms with Gasteiger partial charge in [0, 0.05) is 0 Å². The highest BCUT2D eigenvalue weighted by Crippen LogP contribution is 2.47. The molecule has 0 saturated carbocycles. The van der Waals surface area contributed by atoms with Crippen LogP contribution < -0.4 is 0 Å². The topological polar surface area (TPSA) is 0 Å². The van der Waals surface area contributed by atoms with Gasteiger partial charge in [-0.25, -0.2) is 0 Å². The van der Waals surface area contributed by atoms with E-state index in [2.05, 4.69) is 170 Å². The maximum absolute atomic E-state index is 2.42. The van der Waals surface area contributed by atoms with E-state index in [1.807, 2.05) is 0 Å². The standard InChI is InChI=1S/C48H28/c1-3-11-31-25-33(23-21-29(31)9-1)43-27-35-13-5-15-38-40-18-8-20-42-44(34-24-22-30-10-2-4-12-32(30)26-34)28-36-14-6-16-37(46(36)48(40)42)39-17-7-19-41(43)47(39)45(35)38/h1-28H. The Morgan fingerprint density at radius 3 is 1.02 bits per heavy atom. The second-order valence-corrected chi connectivity index (χ2v) is 13.2. The summed E-state index contributed by atoms with van der Waals surface area (Å²) >= 11 is 0. The summed E-state index contributed by atoms with van der Waals surface area (Å²) in [6.07, 6.45) is 0. The molecule has 220 valence electrons. The molecule has 0 aliphatic heterocycles. The first-order chi connectivity index (χ1) is 23.8. The second kappa shape index (κ2) is 9.64. The highest BCUT2D eigenvalue weighted by atomic mass is 14.2. The Morgan fingerprint density at radius 2 is 0.562 bits per heavy atom. The largest absolute Gasteiger partial charge is 0.0616 e. The lowest BCUT2D eigenvalue weighted by molar-refractivity contribution is 1.70. The Bertz CT molecular complexity index is 2890. The molecule has 0 heteroatoms. The highest BCUT2D eigenvalue weighted by molar-refractivity contribution is 6.39. The molecule has 48 heavy (non-hydrogen) atoms. The van der Waals surface area contributed by atoms with E-state index in [0.717, 1.165) is 0 Å². The van der Waals surface area contributed by atoms with Crippen LogP contribution in [0.4, 0.5) is 0 Å². The molecule has 0 saturated heterocycles. The van der Waals surface area contributed by atoms with Crippen LogP contribution in [0.5, 0.6) is 0 Å². The molecule has 11 aromatic carbocycles. The minimum Gasteiger partial charge on any atom is -0.0616 e. The smallest absolute Gasteiger partial charge is 0.00141 e. The molecule has 0 amide bonds. The molecule has 0 N–H and O–H groups in total. The van der Waals surface area contributed by atoms with Gasteiger partial charge in [0.1, 0.15) is 0 Å². The highest BCUT2D eigenvalue weighted by Gasteiger charge is 2.19. The maximum atomic E-state index is 2.42. The zero-order chi connectivity index (χ0) is 31.3. The molecule has 0 aliphatic rings. The zero-order valence-corrected chi connectivity index (χ0v) is 26.2. The predicted molar refractivity (Wildman–Crippen MR) is 209 cm³/mol. The van der Waals surface area contributed by atoms with Gasteiger partial charge in [0.05, 0.1) is 0 Å². The van der Waals surface area contributed by atoms with Gasteiger partial charge < -0.3 is 0 Å². The molecular weight excluding hydrogens is 577 g/mol. The third-order valence-electron chi connectivity index (χ3n) is 10.7. The number of hydrogen-bond acceptors (Lipinski definition) is 0. The van der Waals surface area contributed by atoms with E-state index < -0.39 is 0 Å². The van der Waals surface area contributed by atoms with Crippen molar-refractivity contribution in [2.24, 2.45) is 0 Å². The minimum absolute atomic E-state index is 1.25. The summed E-state index contributed by atoms with van der Waals surface area (Å²) in [7, 11) is 0. The van der Waals surface area contributed by atoms with Gasteiger partial charge in [-0.15, -0.1) is 0 Å². The molecule has 0 aliphatic carbocycles. The lowest BCUT2D eigenvalue weighted by Crippen LogP contribution is -1.91. The molecule has 11 aromatic rings. The lowest BCUT2D eigenvalue weighted by atomic mass is 9.84. The maximum Gasteiger partial charge on any atom is -0.00141 e. The molecule has 0 atom stereocenters. The fraction of sp³-hybridized carbons (Fsp3) is 0. The van der Waals surface area contributed by atoms with Crippen molar-refractivity contribution in [2.45, 2.75) is 0 Å². The SMILES string of the molecule is c1ccc2cc(-c3cc4cccc5c6cccc7c(-c8ccc9ccccc9c8)cc8cccc(c9cccc3c9c45)c8c76)ccc2c1. The van der Waals surface area contributed by atoms with Crippen LogP contribution in [0.1, 0.15) is 0 Å². The van der Waals surface area contributed by atoms with Gasteiger partial charge in [-0.1, -0.05) is 146 Å². The number of hydrogen-bond donors (Lipinski definition) is 0. The summed E-state index contributed by atoms with van der Waals surface area (Å²) in [4.78, 5) is 0. The van der Waals surface area contributed by atoms with E-state index in [0.29, 0.717) is 0 Å². The summed E-state index contributed by atoms with van der Waals surface area (Å²) in [6, 6.07) is 63.5. The van der Waals surface area contributed by atoms with E-state index in [1.54, 1.807) is 0 Å². The first kappa shape index (κ1) is 25.9. The van der Waals surface area contributed by atoms with Crippen LogP contribution in [-0.2, 0) is 0 Å². The van der Waals surface area contributed by atoms with Gasteiger partial charge in [0.2, 0.25) is 0 Å². The normalized spacial score (nSPS) is 12.2. The number of fused-ring (bicyclic) bond motifs is 4. The van der Waals surface area contributed by atoms with Crippen molar-refractivity contribution < 1.29 is 0 Å². The van der Waals surface area contributed by atoms with Gasteiger partial charge in [0.25, 0.3) is 0 Å². The minimum atomic E-state index is 1.25. The molecular formula is C48H28. The quantitative estimate of drug-likeness (QED) is 0.172. The summed E-state index contributed by atoms with van der Waals surface area (Å²) < 4.78 is 0. The molecule has 0 fully saturated rings. The van der Waals surface area contributed by atoms with E-state index in [4.69, 9.17) is 0 Å². The molecule has 0 radical (unpaired) electrons. The zero-order valence-electron chi connectivity index (χ0n) is 26.2. The third-order valence-corrected chi connectivity index (χ3v) is 10.7. The van der Waals surface area contributed by atoms with Gasteiger partial charge >= 0.3 is 0 Å². The number of rotatable bonds is 2. The van der Waals surface area contributed by atoms with Gasteiger partial charge in [-0.3, -0.25) is 0 Å². The summed E-state index contributed by atoms with van der Waals surface area (Å²) in [5.41, 5.74) is 5.06. The Balaban J connectivity index is 1.34. The molecule has 0 heterocycles. The van der Waals surface area contributed by atoms with Gasteiger partial charge in [-0.05, 0) is 133 Å². The van der Waals surface area contributed by atoms with Gasteiger partial charge in [-0.2, -0.15) is 0 Å². The fourth-order valence-electron chi connectivity index (χ4n) is 8.59. The summed E-state index contributed by atoms with van der Waals surface area (Å²) in [5.74, 6) is 0. The third kappa shape index (κ3) is 3.55. The second-order valence-electron chi connectivity index (χ2n) is 13.2. The van der Waals surface area contributed by atoms with Crippen LogP contribution in [0.3, 0.4) is 0 Å². The first-order valence-corrected chi connectivity index (χ1v) is 16.8. The Labute approximate surface area is 277 Å². The van der Waals surface area contributed by atoms with Crippen LogP contribution >= 0.6 is 0 Å². The predicted octanol–water partition coefficient (Wildman–Crippen LogP) is 13.7. The van der Waals surface area contributed by atoms with E-state index in [1.165, 1.54) is 108 Å². The van der Waals surface area contributed by atoms with E-state index in [-0.39, 0.29) is 0 Å². The van der Waals surface area contributed by atoms with Crippen molar-refractivity contribution >= 4 is 86.2 Å². The Kier molecular flexibility index (Phi) is 5.20. The molecule has 0 bridgehead atoms. The Morgan fingerprint density at radius 1 is 0.208 bits per heavy atom. The van der Waals surface area contributed by atoms with Crippen molar-refractivity contribution in [1.29, 1.82) is 0 Å². The number of benzene rings is 10. The van der Waals surface area contributed by atoms with Gasteiger partial charge in [0.15, 0.2) is 0 Å². The molecule has 0 unspecified atom stereocenters. The molecule has 11 rings (SSSR count). The van der Waals surface area contributed by atoms with Crippen LogP contribution in [0, 0.1) is 0 Å². The van der Waals surface area contributed by atoms with E-state index >= 15 is 0 Å².